The number of aromatic nitrogens is 2. The molecule has 0 aliphatic heterocycles. The number of hydrazone groups is 1. The zero-order valence-corrected chi connectivity index (χ0v) is 16.2. The summed E-state index contributed by atoms with van der Waals surface area (Å²) in [4.78, 5) is 12.3. The van der Waals surface area contributed by atoms with Gasteiger partial charge in [-0.1, -0.05) is 72.8 Å². The lowest BCUT2D eigenvalue weighted by Crippen LogP contribution is -2.18. The van der Waals surface area contributed by atoms with Crippen molar-refractivity contribution in [2.75, 3.05) is 0 Å². The summed E-state index contributed by atoms with van der Waals surface area (Å²) in [5.74, 6) is 0.368. The van der Waals surface area contributed by atoms with E-state index in [1.54, 1.807) is 12.3 Å². The molecule has 0 saturated heterocycles. The molecule has 6 heteroatoms. The zero-order chi connectivity index (χ0) is 20.6. The van der Waals surface area contributed by atoms with E-state index in [4.69, 9.17) is 4.74 Å². The van der Waals surface area contributed by atoms with Crippen LogP contribution in [-0.4, -0.2) is 22.3 Å². The number of hydrogen-bond donors (Lipinski definition) is 2. The first kappa shape index (κ1) is 19.1. The van der Waals surface area contributed by atoms with Crippen LogP contribution in [0, 0.1) is 0 Å². The van der Waals surface area contributed by atoms with E-state index in [2.05, 4.69) is 20.7 Å². The number of aromatic amines is 1. The summed E-state index contributed by atoms with van der Waals surface area (Å²) in [6.45, 7) is 0.488. The molecule has 1 amide bonds. The fraction of sp³-hybridized carbons (Fsp3) is 0.0417. The van der Waals surface area contributed by atoms with Gasteiger partial charge in [-0.3, -0.25) is 9.89 Å². The molecule has 148 valence electrons. The third kappa shape index (κ3) is 4.99. The number of ether oxygens (including phenoxy) is 1. The Labute approximate surface area is 174 Å². The van der Waals surface area contributed by atoms with Gasteiger partial charge in [-0.05, 0) is 29.3 Å². The minimum atomic E-state index is -0.364. The van der Waals surface area contributed by atoms with Crippen LogP contribution < -0.4 is 10.2 Å². The van der Waals surface area contributed by atoms with Gasteiger partial charge < -0.3 is 4.74 Å². The highest BCUT2D eigenvalue weighted by atomic mass is 16.5. The van der Waals surface area contributed by atoms with E-state index in [-0.39, 0.29) is 5.91 Å². The first-order chi connectivity index (χ1) is 14.8. The molecule has 3 aromatic carbocycles. The van der Waals surface area contributed by atoms with Crippen molar-refractivity contribution in [3.05, 3.63) is 108 Å². The number of amides is 1. The first-order valence-electron chi connectivity index (χ1n) is 9.49. The third-order valence-electron chi connectivity index (χ3n) is 4.38. The predicted octanol–water partition coefficient (Wildman–Crippen LogP) is 4.42. The van der Waals surface area contributed by atoms with Gasteiger partial charge in [0, 0.05) is 5.56 Å². The molecule has 30 heavy (non-hydrogen) atoms. The smallest absolute Gasteiger partial charge is 0.289 e. The van der Waals surface area contributed by atoms with Gasteiger partial charge >= 0.3 is 0 Å². The van der Waals surface area contributed by atoms with Crippen LogP contribution in [-0.2, 0) is 6.61 Å². The first-order valence-corrected chi connectivity index (χ1v) is 9.49. The molecular formula is C24H20N4O2. The van der Waals surface area contributed by atoms with Gasteiger partial charge in [0.15, 0.2) is 0 Å². The molecule has 0 unspecified atom stereocenters. The fourth-order valence-electron chi connectivity index (χ4n) is 2.85. The molecule has 0 aliphatic rings. The molecule has 1 aromatic heterocycles. The van der Waals surface area contributed by atoms with Gasteiger partial charge in [0.05, 0.1) is 11.9 Å². The Kier molecular flexibility index (Phi) is 5.96. The van der Waals surface area contributed by atoms with Crippen LogP contribution >= 0.6 is 0 Å². The van der Waals surface area contributed by atoms with E-state index < -0.39 is 0 Å². The molecule has 4 rings (SSSR count). The van der Waals surface area contributed by atoms with Crippen molar-refractivity contribution in [1.82, 2.24) is 15.6 Å². The molecule has 6 nitrogen and oxygen atoms in total. The maximum absolute atomic E-state index is 12.3. The number of H-pyrrole nitrogens is 1. The minimum absolute atomic E-state index is 0.339. The molecule has 0 radical (unpaired) electrons. The monoisotopic (exact) mass is 396 g/mol. The summed E-state index contributed by atoms with van der Waals surface area (Å²) in [6, 6.07) is 28.8. The third-order valence-corrected chi connectivity index (χ3v) is 4.38. The van der Waals surface area contributed by atoms with Crippen LogP contribution in [0.15, 0.2) is 96.1 Å². The largest absolute Gasteiger partial charge is 0.489 e. The van der Waals surface area contributed by atoms with E-state index in [0.29, 0.717) is 18.0 Å². The van der Waals surface area contributed by atoms with Crippen molar-refractivity contribution < 1.29 is 9.53 Å². The number of carbonyl (C=O) groups excluding carboxylic acids is 1. The SMILES string of the molecule is O=C(NN=Cc1cccc(OCc2ccccc2)c1)c1cc(-c2ccccc2)n[nH]1. The summed E-state index contributed by atoms with van der Waals surface area (Å²) in [6.07, 6.45) is 1.57. The molecule has 1 heterocycles. The molecule has 0 bridgehead atoms. The summed E-state index contributed by atoms with van der Waals surface area (Å²) in [5, 5.41) is 10.9. The Morgan fingerprint density at radius 1 is 0.967 bits per heavy atom. The lowest BCUT2D eigenvalue weighted by atomic mass is 10.1. The topological polar surface area (TPSA) is 79.4 Å². The van der Waals surface area contributed by atoms with Crippen molar-refractivity contribution in [2.45, 2.75) is 6.61 Å². The summed E-state index contributed by atoms with van der Waals surface area (Å²) < 4.78 is 5.81. The van der Waals surface area contributed by atoms with Gasteiger partial charge in [0.25, 0.3) is 5.91 Å². The highest BCUT2D eigenvalue weighted by Gasteiger charge is 2.10. The van der Waals surface area contributed by atoms with E-state index in [1.165, 1.54) is 0 Å². The van der Waals surface area contributed by atoms with Crippen molar-refractivity contribution in [3.63, 3.8) is 0 Å². The molecule has 0 aliphatic carbocycles. The zero-order valence-electron chi connectivity index (χ0n) is 16.2. The Hall–Kier alpha value is -4.19. The number of rotatable bonds is 7. The lowest BCUT2D eigenvalue weighted by molar-refractivity contribution is 0.0950. The predicted molar refractivity (Wildman–Crippen MR) is 116 cm³/mol. The average Bonchev–Trinajstić information content (AvgIpc) is 3.30. The van der Waals surface area contributed by atoms with Crippen LogP contribution in [0.2, 0.25) is 0 Å². The van der Waals surface area contributed by atoms with Crippen LogP contribution in [0.3, 0.4) is 0 Å². The van der Waals surface area contributed by atoms with Crippen LogP contribution in [0.1, 0.15) is 21.6 Å². The quantitative estimate of drug-likeness (QED) is 0.358. The Bertz CT molecular complexity index is 1140. The standard InChI is InChI=1S/C24H20N4O2/c29-24(23-15-22(26-27-23)20-11-5-2-6-12-20)28-25-16-19-10-7-13-21(14-19)30-17-18-8-3-1-4-9-18/h1-16H,17H2,(H,26,27)(H,28,29). The highest BCUT2D eigenvalue weighted by Crippen LogP contribution is 2.17. The molecule has 0 atom stereocenters. The molecule has 0 saturated carbocycles. The van der Waals surface area contributed by atoms with Crippen molar-refractivity contribution in [2.24, 2.45) is 5.10 Å². The Morgan fingerprint density at radius 3 is 2.53 bits per heavy atom. The van der Waals surface area contributed by atoms with Gasteiger partial charge in [-0.15, -0.1) is 0 Å². The number of nitrogens with one attached hydrogen (secondary N) is 2. The normalized spacial score (nSPS) is 10.8. The van der Waals surface area contributed by atoms with Gasteiger partial charge in [0.2, 0.25) is 0 Å². The number of benzene rings is 3. The maximum Gasteiger partial charge on any atom is 0.289 e. The number of hydrogen-bond acceptors (Lipinski definition) is 4. The fourth-order valence-corrected chi connectivity index (χ4v) is 2.85. The highest BCUT2D eigenvalue weighted by molar-refractivity contribution is 5.94. The van der Waals surface area contributed by atoms with Gasteiger partial charge in [-0.2, -0.15) is 10.2 Å². The second kappa shape index (κ2) is 9.34. The number of carbonyl (C=O) groups is 1. The van der Waals surface area contributed by atoms with Crippen LogP contribution in [0.5, 0.6) is 5.75 Å². The van der Waals surface area contributed by atoms with E-state index in [0.717, 1.165) is 22.4 Å². The second-order valence-electron chi connectivity index (χ2n) is 6.58. The summed E-state index contributed by atoms with van der Waals surface area (Å²) in [5.41, 5.74) is 6.39. The van der Waals surface area contributed by atoms with Gasteiger partial charge in [0.1, 0.15) is 18.1 Å². The molecule has 4 aromatic rings. The minimum Gasteiger partial charge on any atom is -0.489 e. The van der Waals surface area contributed by atoms with Crippen LogP contribution in [0.4, 0.5) is 0 Å². The molecule has 0 spiro atoms. The van der Waals surface area contributed by atoms with E-state index in [9.17, 15) is 4.79 Å². The molecular weight excluding hydrogens is 376 g/mol. The molecule has 0 fully saturated rings. The Morgan fingerprint density at radius 2 is 1.73 bits per heavy atom. The van der Waals surface area contributed by atoms with E-state index in [1.807, 2.05) is 84.9 Å². The van der Waals surface area contributed by atoms with Crippen molar-refractivity contribution >= 4 is 12.1 Å². The summed E-state index contributed by atoms with van der Waals surface area (Å²) in [7, 11) is 0. The van der Waals surface area contributed by atoms with Crippen molar-refractivity contribution in [3.8, 4) is 17.0 Å². The van der Waals surface area contributed by atoms with E-state index >= 15 is 0 Å². The summed E-state index contributed by atoms with van der Waals surface area (Å²) >= 11 is 0. The van der Waals surface area contributed by atoms with Gasteiger partial charge in [-0.25, -0.2) is 5.43 Å². The maximum atomic E-state index is 12.3. The second-order valence-corrected chi connectivity index (χ2v) is 6.58. The molecule has 2 N–H and O–H groups in total. The van der Waals surface area contributed by atoms with Crippen LogP contribution in [0.25, 0.3) is 11.3 Å². The van der Waals surface area contributed by atoms with Crippen molar-refractivity contribution in [1.29, 1.82) is 0 Å². The Balaban J connectivity index is 1.34. The number of nitrogens with zero attached hydrogens (tertiary/aromatic N) is 2. The lowest BCUT2D eigenvalue weighted by Gasteiger charge is -2.06. The average molecular weight is 396 g/mol.